The highest BCUT2D eigenvalue weighted by Gasteiger charge is 2.38. The molecule has 6 nitrogen and oxygen atoms in total. The number of rotatable bonds is 8. The van der Waals surface area contributed by atoms with Crippen molar-refractivity contribution in [1.82, 2.24) is 4.90 Å². The number of hydrogen-bond donors (Lipinski definition) is 2. The smallest absolute Gasteiger partial charge is 0.475 e. The van der Waals surface area contributed by atoms with E-state index in [0.717, 1.165) is 11.1 Å². The van der Waals surface area contributed by atoms with Crippen LogP contribution in [-0.2, 0) is 27.2 Å². The lowest BCUT2D eigenvalue weighted by Crippen LogP contribution is -2.40. The summed E-state index contributed by atoms with van der Waals surface area (Å²) in [6.45, 7) is 0.565. The van der Waals surface area contributed by atoms with Gasteiger partial charge in [0.25, 0.3) is 0 Å². The van der Waals surface area contributed by atoms with Crippen molar-refractivity contribution in [3.8, 4) is 0 Å². The maximum atomic E-state index is 12.4. The Kier molecular flexibility index (Phi) is 11.0. The molecule has 0 aliphatic rings. The van der Waals surface area contributed by atoms with Gasteiger partial charge < -0.3 is 10.8 Å². The Labute approximate surface area is 178 Å². The molecule has 31 heavy (non-hydrogen) atoms. The Bertz CT molecular complexity index is 772. The van der Waals surface area contributed by atoms with Gasteiger partial charge in [-0.15, -0.1) is 0 Å². The average Bonchev–Trinajstić information content (AvgIpc) is 2.75. The molecule has 2 rings (SSSR count). The zero-order chi connectivity index (χ0) is 23.3. The van der Waals surface area contributed by atoms with Gasteiger partial charge in [0.15, 0.2) is 0 Å². The van der Waals surface area contributed by atoms with E-state index in [1.165, 1.54) is 4.90 Å². The van der Waals surface area contributed by atoms with Crippen LogP contribution in [0.15, 0.2) is 60.7 Å². The molecule has 2 aromatic carbocycles. The highest BCUT2D eigenvalue weighted by atomic mass is 19.4. The summed E-state index contributed by atoms with van der Waals surface area (Å²) in [5, 5.41) is 7.12. The molecule has 3 N–H and O–H groups in total. The van der Waals surface area contributed by atoms with Crippen molar-refractivity contribution in [2.75, 3.05) is 13.1 Å². The van der Waals surface area contributed by atoms with Crippen LogP contribution in [0.2, 0.25) is 0 Å². The quantitative estimate of drug-likeness (QED) is 0.659. The van der Waals surface area contributed by atoms with E-state index in [2.05, 4.69) is 0 Å². The normalized spacial score (nSPS) is 10.6. The summed E-state index contributed by atoms with van der Waals surface area (Å²) in [4.78, 5) is 35.0. The van der Waals surface area contributed by atoms with Crippen molar-refractivity contribution in [3.05, 3.63) is 71.8 Å². The molecular formula is C22H25F3N2O4. The third-order valence-electron chi connectivity index (χ3n) is 4.14. The number of carboxylic acids is 1. The van der Waals surface area contributed by atoms with E-state index < -0.39 is 12.1 Å². The van der Waals surface area contributed by atoms with Gasteiger partial charge in [0, 0.05) is 25.9 Å². The number of carboxylic acid groups (broad SMARTS) is 1. The van der Waals surface area contributed by atoms with Gasteiger partial charge in [-0.25, -0.2) is 4.79 Å². The van der Waals surface area contributed by atoms with Crippen molar-refractivity contribution >= 4 is 17.8 Å². The first kappa shape index (κ1) is 25.8. The SMILES string of the molecule is NCCN(C(=O)CCc1ccccc1)C(=O)CCc1ccccc1.O=C(O)C(F)(F)F. The molecule has 0 aliphatic carbocycles. The van der Waals surface area contributed by atoms with Crippen molar-refractivity contribution in [2.24, 2.45) is 5.73 Å². The number of halogens is 3. The fourth-order valence-electron chi connectivity index (χ4n) is 2.58. The van der Waals surface area contributed by atoms with Crippen LogP contribution >= 0.6 is 0 Å². The van der Waals surface area contributed by atoms with E-state index in [9.17, 15) is 22.8 Å². The summed E-state index contributed by atoms with van der Waals surface area (Å²) in [5.41, 5.74) is 7.76. The Morgan fingerprint density at radius 2 is 1.16 bits per heavy atom. The zero-order valence-corrected chi connectivity index (χ0v) is 16.8. The van der Waals surface area contributed by atoms with Gasteiger partial charge >= 0.3 is 12.1 Å². The van der Waals surface area contributed by atoms with Crippen LogP contribution in [0, 0.1) is 0 Å². The van der Waals surface area contributed by atoms with Crippen molar-refractivity contribution in [1.29, 1.82) is 0 Å². The number of alkyl halides is 3. The molecule has 9 heteroatoms. The largest absolute Gasteiger partial charge is 0.490 e. The summed E-state index contributed by atoms with van der Waals surface area (Å²) in [6.07, 6.45) is -3.18. The molecule has 0 atom stereocenters. The lowest BCUT2D eigenvalue weighted by Gasteiger charge is -2.20. The van der Waals surface area contributed by atoms with Crippen LogP contribution in [0.4, 0.5) is 13.2 Å². The molecule has 0 bridgehead atoms. The standard InChI is InChI=1S/C20H24N2O2.C2HF3O2/c21-15-16-22(19(23)13-11-17-7-3-1-4-8-17)20(24)14-12-18-9-5-2-6-10-18;3-2(4,5)1(6)7/h1-10H,11-16,21H2;(H,6,7). The summed E-state index contributed by atoms with van der Waals surface area (Å²) in [7, 11) is 0. The maximum Gasteiger partial charge on any atom is 0.490 e. The van der Waals surface area contributed by atoms with Gasteiger partial charge in [0.05, 0.1) is 0 Å². The molecule has 2 amide bonds. The monoisotopic (exact) mass is 438 g/mol. The van der Waals surface area contributed by atoms with Crippen LogP contribution in [0.5, 0.6) is 0 Å². The number of hydrogen-bond acceptors (Lipinski definition) is 4. The maximum absolute atomic E-state index is 12.4. The van der Waals surface area contributed by atoms with E-state index in [4.69, 9.17) is 15.6 Å². The van der Waals surface area contributed by atoms with E-state index in [-0.39, 0.29) is 24.9 Å². The minimum absolute atomic E-state index is 0.151. The molecular weight excluding hydrogens is 413 g/mol. The van der Waals surface area contributed by atoms with Gasteiger partial charge in [-0.3, -0.25) is 14.5 Å². The number of amides is 2. The molecule has 0 aliphatic heterocycles. The Hall–Kier alpha value is -3.20. The van der Waals surface area contributed by atoms with Crippen molar-refractivity contribution in [2.45, 2.75) is 31.9 Å². The first-order valence-corrected chi connectivity index (χ1v) is 9.56. The predicted molar refractivity (Wildman–Crippen MR) is 109 cm³/mol. The Morgan fingerprint density at radius 1 is 0.806 bits per heavy atom. The molecule has 0 aromatic heterocycles. The molecule has 0 unspecified atom stereocenters. The van der Waals surface area contributed by atoms with Crippen LogP contribution < -0.4 is 5.73 Å². The second kappa shape index (κ2) is 13.2. The summed E-state index contributed by atoms with van der Waals surface area (Å²) >= 11 is 0. The van der Waals surface area contributed by atoms with Crippen LogP contribution in [-0.4, -0.2) is 47.1 Å². The average molecular weight is 438 g/mol. The minimum atomic E-state index is -5.08. The molecule has 0 saturated heterocycles. The summed E-state index contributed by atoms with van der Waals surface area (Å²) in [5.74, 6) is -3.06. The van der Waals surface area contributed by atoms with Crippen molar-refractivity contribution < 1.29 is 32.7 Å². The van der Waals surface area contributed by atoms with E-state index in [1.807, 2.05) is 60.7 Å². The number of benzene rings is 2. The highest BCUT2D eigenvalue weighted by Crippen LogP contribution is 2.13. The highest BCUT2D eigenvalue weighted by molar-refractivity contribution is 5.95. The predicted octanol–water partition coefficient (Wildman–Crippen LogP) is 3.20. The number of aryl methyl sites for hydroxylation is 2. The van der Waals surface area contributed by atoms with Crippen molar-refractivity contribution in [3.63, 3.8) is 0 Å². The third kappa shape index (κ3) is 10.4. The molecule has 2 aromatic rings. The van der Waals surface area contributed by atoms with Gasteiger partial charge in [-0.05, 0) is 24.0 Å². The first-order valence-electron chi connectivity index (χ1n) is 9.56. The molecule has 168 valence electrons. The lowest BCUT2D eigenvalue weighted by atomic mass is 10.1. The van der Waals surface area contributed by atoms with Gasteiger partial charge in [-0.2, -0.15) is 13.2 Å². The van der Waals surface area contributed by atoms with E-state index in [0.29, 0.717) is 25.7 Å². The lowest BCUT2D eigenvalue weighted by molar-refractivity contribution is -0.192. The van der Waals surface area contributed by atoms with E-state index in [1.54, 1.807) is 0 Å². The fourth-order valence-corrected chi connectivity index (χ4v) is 2.58. The summed E-state index contributed by atoms with van der Waals surface area (Å²) < 4.78 is 31.7. The zero-order valence-electron chi connectivity index (χ0n) is 16.8. The van der Waals surface area contributed by atoms with Crippen LogP contribution in [0.1, 0.15) is 24.0 Å². The fraction of sp³-hybridized carbons (Fsp3) is 0.318. The van der Waals surface area contributed by atoms with Crippen LogP contribution in [0.3, 0.4) is 0 Å². The minimum Gasteiger partial charge on any atom is -0.475 e. The molecule has 0 spiro atoms. The third-order valence-corrected chi connectivity index (χ3v) is 4.14. The van der Waals surface area contributed by atoms with Gasteiger partial charge in [-0.1, -0.05) is 60.7 Å². The molecule has 0 saturated carbocycles. The number of aliphatic carboxylic acids is 1. The number of carbonyl (C=O) groups excluding carboxylic acids is 2. The molecule has 0 heterocycles. The number of nitrogens with zero attached hydrogens (tertiary/aromatic N) is 1. The Morgan fingerprint density at radius 3 is 1.45 bits per heavy atom. The first-order chi connectivity index (χ1) is 14.6. The van der Waals surface area contributed by atoms with Gasteiger partial charge in [0.1, 0.15) is 0 Å². The van der Waals surface area contributed by atoms with Gasteiger partial charge in [0.2, 0.25) is 11.8 Å². The van der Waals surface area contributed by atoms with E-state index >= 15 is 0 Å². The second-order valence-electron chi connectivity index (χ2n) is 6.50. The Balaban J connectivity index is 0.000000592. The number of nitrogens with two attached hydrogens (primary N) is 1. The number of imide groups is 1. The second-order valence-corrected chi connectivity index (χ2v) is 6.50. The molecule has 0 radical (unpaired) electrons. The molecule has 0 fully saturated rings. The topological polar surface area (TPSA) is 101 Å². The van der Waals surface area contributed by atoms with Crippen LogP contribution in [0.25, 0.3) is 0 Å². The number of carbonyl (C=O) groups is 3. The summed E-state index contributed by atoms with van der Waals surface area (Å²) in [6, 6.07) is 19.6.